The molecule has 0 saturated heterocycles. The van der Waals surface area contributed by atoms with Gasteiger partial charge in [0.25, 0.3) is 0 Å². The summed E-state index contributed by atoms with van der Waals surface area (Å²) in [6.45, 7) is 3.80. The highest BCUT2D eigenvalue weighted by Gasteiger charge is 2.20. The number of ether oxygens (including phenoxy) is 1. The lowest BCUT2D eigenvalue weighted by Crippen LogP contribution is -2.45. The number of amides is 2. The molecule has 0 aliphatic rings. The van der Waals surface area contributed by atoms with Crippen LogP contribution in [0.15, 0.2) is 59.1 Å². The smallest absolute Gasteiger partial charge is 0.408 e. The van der Waals surface area contributed by atoms with Crippen LogP contribution < -0.4 is 10.6 Å². The SMILES string of the molecule is CC[C@@H](NC(=O)[C@H](C)NC(=O)OCc1ccccc1)c1ccc(Br)cc1. The monoisotopic (exact) mass is 418 g/mol. The van der Waals surface area contributed by atoms with Crippen molar-refractivity contribution >= 4 is 27.9 Å². The predicted octanol–water partition coefficient (Wildman–Crippen LogP) is 4.33. The lowest BCUT2D eigenvalue weighted by atomic mass is 10.0. The summed E-state index contributed by atoms with van der Waals surface area (Å²) in [6.07, 6.45) is 0.131. The second-order valence-corrected chi connectivity index (χ2v) is 6.86. The topological polar surface area (TPSA) is 67.4 Å². The number of rotatable bonds is 7. The van der Waals surface area contributed by atoms with Crippen LogP contribution >= 0.6 is 15.9 Å². The van der Waals surface area contributed by atoms with Crippen LogP contribution in [0.4, 0.5) is 4.79 Å². The molecule has 0 saturated carbocycles. The molecule has 2 N–H and O–H groups in total. The average Bonchev–Trinajstić information content (AvgIpc) is 2.66. The molecule has 5 nitrogen and oxygen atoms in total. The zero-order chi connectivity index (χ0) is 18.9. The molecule has 2 aromatic rings. The van der Waals surface area contributed by atoms with Gasteiger partial charge in [-0.05, 0) is 36.6 Å². The average molecular weight is 419 g/mol. The van der Waals surface area contributed by atoms with E-state index in [9.17, 15) is 9.59 Å². The Balaban J connectivity index is 1.83. The third-order valence-electron chi connectivity index (χ3n) is 3.94. The molecule has 26 heavy (non-hydrogen) atoms. The quantitative estimate of drug-likeness (QED) is 0.702. The van der Waals surface area contributed by atoms with E-state index >= 15 is 0 Å². The number of halogens is 1. The maximum atomic E-state index is 12.4. The molecule has 6 heteroatoms. The van der Waals surface area contributed by atoms with Crippen LogP contribution in [0.3, 0.4) is 0 Å². The molecular formula is C20H23BrN2O3. The standard InChI is InChI=1S/C20H23BrN2O3/c1-3-18(16-9-11-17(21)12-10-16)23-19(24)14(2)22-20(25)26-13-15-7-5-4-6-8-15/h4-12,14,18H,3,13H2,1-2H3,(H,22,25)(H,23,24)/t14-,18+/m0/s1. The van der Waals surface area contributed by atoms with Gasteiger partial charge in [-0.2, -0.15) is 0 Å². The molecule has 0 bridgehead atoms. The van der Waals surface area contributed by atoms with E-state index in [0.29, 0.717) is 0 Å². The molecule has 0 aliphatic carbocycles. The van der Waals surface area contributed by atoms with Crippen molar-refractivity contribution < 1.29 is 14.3 Å². The summed E-state index contributed by atoms with van der Waals surface area (Å²) >= 11 is 3.40. The summed E-state index contributed by atoms with van der Waals surface area (Å²) in [5.74, 6) is -0.253. The van der Waals surface area contributed by atoms with Gasteiger partial charge in [-0.3, -0.25) is 4.79 Å². The predicted molar refractivity (Wildman–Crippen MR) is 105 cm³/mol. The van der Waals surface area contributed by atoms with Gasteiger partial charge in [0.1, 0.15) is 12.6 Å². The van der Waals surface area contributed by atoms with Crippen LogP contribution in [0.1, 0.15) is 37.4 Å². The molecule has 2 atom stereocenters. The molecule has 2 rings (SSSR count). The lowest BCUT2D eigenvalue weighted by molar-refractivity contribution is -0.123. The molecule has 0 unspecified atom stereocenters. The van der Waals surface area contributed by atoms with E-state index in [1.165, 1.54) is 0 Å². The molecule has 138 valence electrons. The Morgan fingerprint density at radius 3 is 2.31 bits per heavy atom. The minimum absolute atomic E-state index is 0.111. The number of hydrogen-bond acceptors (Lipinski definition) is 3. The maximum Gasteiger partial charge on any atom is 0.408 e. The summed E-state index contributed by atoms with van der Waals surface area (Å²) in [5, 5.41) is 5.52. The summed E-state index contributed by atoms with van der Waals surface area (Å²) in [7, 11) is 0. The van der Waals surface area contributed by atoms with Crippen molar-refractivity contribution in [3.05, 3.63) is 70.2 Å². The first-order valence-electron chi connectivity index (χ1n) is 8.52. The van der Waals surface area contributed by atoms with Crippen molar-refractivity contribution in [2.24, 2.45) is 0 Å². The number of carbonyl (C=O) groups excluding carboxylic acids is 2. The van der Waals surface area contributed by atoms with Crippen molar-refractivity contribution in [3.63, 3.8) is 0 Å². The van der Waals surface area contributed by atoms with Gasteiger partial charge in [0.15, 0.2) is 0 Å². The Morgan fingerprint density at radius 1 is 1.04 bits per heavy atom. The van der Waals surface area contributed by atoms with Gasteiger partial charge in [0.2, 0.25) is 5.91 Å². The van der Waals surface area contributed by atoms with Crippen LogP contribution in [0, 0.1) is 0 Å². The molecule has 0 radical (unpaired) electrons. The van der Waals surface area contributed by atoms with Gasteiger partial charge >= 0.3 is 6.09 Å². The van der Waals surface area contributed by atoms with Crippen molar-refractivity contribution in [2.75, 3.05) is 0 Å². The second-order valence-electron chi connectivity index (χ2n) is 5.95. The molecular weight excluding hydrogens is 396 g/mol. The van der Waals surface area contributed by atoms with Gasteiger partial charge in [-0.1, -0.05) is 65.3 Å². The van der Waals surface area contributed by atoms with Crippen LogP contribution in [0.2, 0.25) is 0 Å². The minimum atomic E-state index is -0.692. The van der Waals surface area contributed by atoms with Crippen LogP contribution in [0.5, 0.6) is 0 Å². The Morgan fingerprint density at radius 2 is 1.69 bits per heavy atom. The Bertz CT molecular complexity index is 720. The minimum Gasteiger partial charge on any atom is -0.445 e. The molecule has 0 spiro atoms. The largest absolute Gasteiger partial charge is 0.445 e. The first-order valence-corrected chi connectivity index (χ1v) is 9.32. The third kappa shape index (κ3) is 6.19. The van der Waals surface area contributed by atoms with E-state index in [-0.39, 0.29) is 18.6 Å². The summed E-state index contributed by atoms with van der Waals surface area (Å²) in [6, 6.07) is 16.4. The number of hydrogen-bond donors (Lipinski definition) is 2. The van der Waals surface area contributed by atoms with E-state index in [1.807, 2.05) is 61.5 Å². The van der Waals surface area contributed by atoms with E-state index in [2.05, 4.69) is 26.6 Å². The first kappa shape index (κ1) is 20.0. The third-order valence-corrected chi connectivity index (χ3v) is 4.47. The van der Waals surface area contributed by atoms with E-state index in [4.69, 9.17) is 4.74 Å². The maximum absolute atomic E-state index is 12.4. The van der Waals surface area contributed by atoms with Crippen molar-refractivity contribution in [2.45, 2.75) is 39.0 Å². The Hall–Kier alpha value is -2.34. The van der Waals surface area contributed by atoms with Gasteiger partial charge in [0.05, 0.1) is 6.04 Å². The van der Waals surface area contributed by atoms with Crippen molar-refractivity contribution in [3.8, 4) is 0 Å². The van der Waals surface area contributed by atoms with Crippen LogP contribution in [0.25, 0.3) is 0 Å². The molecule has 0 heterocycles. The highest BCUT2D eigenvalue weighted by atomic mass is 79.9. The fourth-order valence-electron chi connectivity index (χ4n) is 2.42. The summed E-state index contributed by atoms with van der Waals surface area (Å²) < 4.78 is 6.13. The number of benzene rings is 2. The van der Waals surface area contributed by atoms with E-state index in [1.54, 1.807) is 6.92 Å². The fourth-order valence-corrected chi connectivity index (χ4v) is 2.68. The Kier molecular flexibility index (Phi) is 7.66. The van der Waals surface area contributed by atoms with Crippen LogP contribution in [-0.2, 0) is 16.1 Å². The lowest BCUT2D eigenvalue weighted by Gasteiger charge is -2.21. The summed E-state index contributed by atoms with van der Waals surface area (Å²) in [4.78, 5) is 24.2. The zero-order valence-electron chi connectivity index (χ0n) is 14.9. The van der Waals surface area contributed by atoms with Gasteiger partial charge < -0.3 is 15.4 Å². The van der Waals surface area contributed by atoms with Gasteiger partial charge in [-0.15, -0.1) is 0 Å². The number of alkyl carbamates (subject to hydrolysis) is 1. The van der Waals surface area contributed by atoms with Crippen molar-refractivity contribution in [1.82, 2.24) is 10.6 Å². The van der Waals surface area contributed by atoms with Crippen molar-refractivity contribution in [1.29, 1.82) is 0 Å². The van der Waals surface area contributed by atoms with Crippen LogP contribution in [-0.4, -0.2) is 18.0 Å². The second kappa shape index (κ2) is 9.97. The summed E-state index contributed by atoms with van der Waals surface area (Å²) in [5.41, 5.74) is 1.91. The molecule has 0 fully saturated rings. The normalized spacial score (nSPS) is 12.7. The van der Waals surface area contributed by atoms with Gasteiger partial charge in [-0.25, -0.2) is 4.79 Å². The fraction of sp³-hybridized carbons (Fsp3) is 0.300. The molecule has 0 aliphatic heterocycles. The van der Waals surface area contributed by atoms with E-state index < -0.39 is 12.1 Å². The number of nitrogens with one attached hydrogen (secondary N) is 2. The highest BCUT2D eigenvalue weighted by Crippen LogP contribution is 2.19. The molecule has 2 amide bonds. The highest BCUT2D eigenvalue weighted by molar-refractivity contribution is 9.10. The molecule has 0 aromatic heterocycles. The van der Waals surface area contributed by atoms with Gasteiger partial charge in [0, 0.05) is 4.47 Å². The first-order chi connectivity index (χ1) is 12.5. The Labute approximate surface area is 162 Å². The zero-order valence-corrected chi connectivity index (χ0v) is 16.5. The molecule has 2 aromatic carbocycles. The van der Waals surface area contributed by atoms with E-state index in [0.717, 1.165) is 22.0 Å². The number of carbonyl (C=O) groups is 2.